The molecule has 0 fully saturated rings. The highest BCUT2D eigenvalue weighted by Gasteiger charge is 2.23. The summed E-state index contributed by atoms with van der Waals surface area (Å²) in [6.07, 6.45) is 0.358. The van der Waals surface area contributed by atoms with Gasteiger partial charge in [-0.3, -0.25) is 0 Å². The lowest BCUT2D eigenvalue weighted by Gasteiger charge is -2.24. The first-order chi connectivity index (χ1) is 8.47. The second kappa shape index (κ2) is 4.78. The second-order valence-corrected chi connectivity index (χ2v) is 4.63. The van der Waals surface area contributed by atoms with Crippen LogP contribution in [0.25, 0.3) is 0 Å². The van der Waals surface area contributed by atoms with E-state index in [1.807, 2.05) is 0 Å². The third kappa shape index (κ3) is 2.87. The topological polar surface area (TPSA) is 40.5 Å². The smallest absolute Gasteiger partial charge is 0.123 e. The van der Waals surface area contributed by atoms with Crippen molar-refractivity contribution in [3.8, 4) is 5.75 Å². The third-order valence-electron chi connectivity index (χ3n) is 2.93. The minimum atomic E-state index is -1.14. The van der Waals surface area contributed by atoms with Gasteiger partial charge in [-0.15, -0.1) is 0 Å². The summed E-state index contributed by atoms with van der Waals surface area (Å²) in [5.74, 6) is -0.178. The van der Waals surface area contributed by atoms with Gasteiger partial charge < -0.3 is 10.2 Å². The summed E-state index contributed by atoms with van der Waals surface area (Å²) in [7, 11) is 0. The minimum Gasteiger partial charge on any atom is -0.508 e. The number of benzene rings is 2. The summed E-state index contributed by atoms with van der Waals surface area (Å²) >= 11 is 0. The molecule has 0 saturated carbocycles. The fourth-order valence-corrected chi connectivity index (χ4v) is 1.94. The molecule has 1 atom stereocenters. The molecule has 18 heavy (non-hydrogen) atoms. The van der Waals surface area contributed by atoms with Gasteiger partial charge in [-0.2, -0.15) is 0 Å². The Morgan fingerprint density at radius 3 is 2.39 bits per heavy atom. The van der Waals surface area contributed by atoms with Gasteiger partial charge in [0.1, 0.15) is 11.6 Å². The number of aliphatic hydroxyl groups is 1. The molecule has 0 radical (unpaired) electrons. The standard InChI is InChI=1S/C15H15FO2/c1-15(18,12-3-2-4-13(16)9-12)10-11-5-7-14(17)8-6-11/h2-9,17-18H,10H2,1H3. The quantitative estimate of drug-likeness (QED) is 0.874. The molecular formula is C15H15FO2. The number of rotatable bonds is 3. The van der Waals surface area contributed by atoms with Gasteiger partial charge in [0.2, 0.25) is 0 Å². The summed E-state index contributed by atoms with van der Waals surface area (Å²) in [6.45, 7) is 1.65. The summed E-state index contributed by atoms with van der Waals surface area (Å²) in [5.41, 5.74) is 0.275. The van der Waals surface area contributed by atoms with Gasteiger partial charge in [0, 0.05) is 6.42 Å². The van der Waals surface area contributed by atoms with Gasteiger partial charge in [-0.25, -0.2) is 4.39 Å². The first-order valence-electron chi connectivity index (χ1n) is 5.74. The fraction of sp³-hybridized carbons (Fsp3) is 0.200. The maximum atomic E-state index is 13.1. The van der Waals surface area contributed by atoms with Crippen molar-refractivity contribution in [1.29, 1.82) is 0 Å². The molecule has 0 aliphatic heterocycles. The van der Waals surface area contributed by atoms with Crippen molar-refractivity contribution in [2.75, 3.05) is 0 Å². The zero-order valence-electron chi connectivity index (χ0n) is 10.1. The van der Waals surface area contributed by atoms with Crippen LogP contribution in [0.4, 0.5) is 4.39 Å². The lowest BCUT2D eigenvalue weighted by molar-refractivity contribution is 0.0573. The number of aromatic hydroxyl groups is 1. The lowest BCUT2D eigenvalue weighted by atomic mass is 9.89. The lowest BCUT2D eigenvalue weighted by Crippen LogP contribution is -2.24. The Morgan fingerprint density at radius 2 is 1.78 bits per heavy atom. The maximum absolute atomic E-state index is 13.1. The Morgan fingerprint density at radius 1 is 1.11 bits per heavy atom. The van der Waals surface area contributed by atoms with E-state index in [1.54, 1.807) is 43.3 Å². The largest absolute Gasteiger partial charge is 0.508 e. The van der Waals surface area contributed by atoms with E-state index < -0.39 is 5.60 Å². The van der Waals surface area contributed by atoms with Crippen LogP contribution in [0.3, 0.4) is 0 Å². The van der Waals surface area contributed by atoms with Crippen LogP contribution in [0.15, 0.2) is 48.5 Å². The molecule has 0 saturated heterocycles. The van der Waals surface area contributed by atoms with Gasteiger partial charge >= 0.3 is 0 Å². The van der Waals surface area contributed by atoms with Gasteiger partial charge in [0.25, 0.3) is 0 Å². The molecule has 0 aromatic heterocycles. The Labute approximate surface area is 105 Å². The van der Waals surface area contributed by atoms with E-state index in [4.69, 9.17) is 0 Å². The van der Waals surface area contributed by atoms with Crippen molar-refractivity contribution in [2.24, 2.45) is 0 Å². The van der Waals surface area contributed by atoms with E-state index in [0.717, 1.165) is 5.56 Å². The summed E-state index contributed by atoms with van der Waals surface area (Å²) < 4.78 is 13.1. The molecule has 2 nitrogen and oxygen atoms in total. The van der Waals surface area contributed by atoms with Crippen molar-refractivity contribution >= 4 is 0 Å². The van der Waals surface area contributed by atoms with Gasteiger partial charge in [0.05, 0.1) is 5.60 Å². The predicted octanol–water partition coefficient (Wildman–Crippen LogP) is 2.98. The molecule has 94 valence electrons. The Kier molecular flexibility index (Phi) is 3.34. The van der Waals surface area contributed by atoms with Gasteiger partial charge in [-0.05, 0) is 42.3 Å². The van der Waals surface area contributed by atoms with E-state index >= 15 is 0 Å². The predicted molar refractivity (Wildman–Crippen MR) is 67.8 cm³/mol. The zero-order valence-corrected chi connectivity index (χ0v) is 10.1. The molecule has 0 aliphatic rings. The van der Waals surface area contributed by atoms with Crippen molar-refractivity contribution in [2.45, 2.75) is 18.9 Å². The molecule has 0 spiro atoms. The van der Waals surface area contributed by atoms with E-state index in [9.17, 15) is 14.6 Å². The second-order valence-electron chi connectivity index (χ2n) is 4.63. The zero-order chi connectivity index (χ0) is 13.2. The van der Waals surface area contributed by atoms with E-state index in [1.165, 1.54) is 12.1 Å². The maximum Gasteiger partial charge on any atom is 0.123 e. The minimum absolute atomic E-state index is 0.184. The average Bonchev–Trinajstić information content (AvgIpc) is 2.32. The molecular weight excluding hydrogens is 231 g/mol. The number of halogens is 1. The van der Waals surface area contributed by atoms with Gasteiger partial charge in [-0.1, -0.05) is 24.3 Å². The molecule has 0 aliphatic carbocycles. The molecule has 0 amide bonds. The molecule has 0 bridgehead atoms. The first-order valence-corrected chi connectivity index (χ1v) is 5.74. The number of phenolic OH excluding ortho intramolecular Hbond substituents is 1. The highest BCUT2D eigenvalue weighted by molar-refractivity contribution is 5.30. The molecule has 1 unspecified atom stereocenters. The Bertz CT molecular complexity index is 532. The normalized spacial score (nSPS) is 14.2. The number of phenols is 1. The van der Waals surface area contributed by atoms with Crippen LogP contribution in [-0.4, -0.2) is 10.2 Å². The molecule has 0 heterocycles. The molecule has 2 N–H and O–H groups in total. The summed E-state index contributed by atoms with van der Waals surface area (Å²) in [5, 5.41) is 19.6. The summed E-state index contributed by atoms with van der Waals surface area (Å²) in [6, 6.07) is 12.6. The molecule has 2 aromatic carbocycles. The van der Waals surface area contributed by atoms with Crippen molar-refractivity contribution in [3.05, 3.63) is 65.5 Å². The third-order valence-corrected chi connectivity index (χ3v) is 2.93. The highest BCUT2D eigenvalue weighted by Crippen LogP contribution is 2.26. The Hall–Kier alpha value is -1.87. The monoisotopic (exact) mass is 246 g/mol. The van der Waals surface area contributed by atoms with E-state index in [0.29, 0.717) is 12.0 Å². The highest BCUT2D eigenvalue weighted by atomic mass is 19.1. The van der Waals surface area contributed by atoms with Crippen LogP contribution >= 0.6 is 0 Å². The molecule has 2 aromatic rings. The fourth-order valence-electron chi connectivity index (χ4n) is 1.94. The van der Waals surface area contributed by atoms with Crippen molar-refractivity contribution < 1.29 is 14.6 Å². The van der Waals surface area contributed by atoms with E-state index in [-0.39, 0.29) is 11.6 Å². The first kappa shape index (κ1) is 12.6. The van der Waals surface area contributed by atoms with Crippen LogP contribution in [0.1, 0.15) is 18.1 Å². The Balaban J connectivity index is 2.23. The average molecular weight is 246 g/mol. The van der Waals surface area contributed by atoms with Crippen LogP contribution in [-0.2, 0) is 12.0 Å². The summed E-state index contributed by atoms with van der Waals surface area (Å²) in [4.78, 5) is 0. The number of hydrogen-bond acceptors (Lipinski definition) is 2. The van der Waals surface area contributed by atoms with Gasteiger partial charge in [0.15, 0.2) is 0 Å². The number of hydrogen-bond donors (Lipinski definition) is 2. The van der Waals surface area contributed by atoms with E-state index in [2.05, 4.69) is 0 Å². The van der Waals surface area contributed by atoms with Crippen LogP contribution in [0.5, 0.6) is 5.75 Å². The van der Waals surface area contributed by atoms with Crippen LogP contribution < -0.4 is 0 Å². The molecule has 3 heteroatoms. The van der Waals surface area contributed by atoms with Crippen LogP contribution in [0.2, 0.25) is 0 Å². The van der Waals surface area contributed by atoms with Crippen molar-refractivity contribution in [3.63, 3.8) is 0 Å². The van der Waals surface area contributed by atoms with Crippen LogP contribution in [0, 0.1) is 5.82 Å². The van der Waals surface area contributed by atoms with Crippen molar-refractivity contribution in [1.82, 2.24) is 0 Å². The molecule has 2 rings (SSSR count). The SMILES string of the molecule is CC(O)(Cc1ccc(O)cc1)c1cccc(F)c1.